The maximum absolute atomic E-state index is 14.1. The van der Waals surface area contributed by atoms with E-state index in [1.54, 1.807) is 6.07 Å². The average Bonchev–Trinajstić information content (AvgIpc) is 2.53. The van der Waals surface area contributed by atoms with Crippen LogP contribution in [0.25, 0.3) is 0 Å². The lowest BCUT2D eigenvalue weighted by Gasteiger charge is -2.29. The molecule has 0 aliphatic carbocycles. The van der Waals surface area contributed by atoms with Crippen LogP contribution in [0.2, 0.25) is 0 Å². The van der Waals surface area contributed by atoms with Crippen molar-refractivity contribution >= 4 is 9.84 Å². The summed E-state index contributed by atoms with van der Waals surface area (Å²) in [4.78, 5) is -0.270. The van der Waals surface area contributed by atoms with Crippen LogP contribution in [0, 0.1) is 5.82 Å². The van der Waals surface area contributed by atoms with Gasteiger partial charge in [0.25, 0.3) is 0 Å². The second-order valence-electron chi connectivity index (χ2n) is 6.17. The van der Waals surface area contributed by atoms with Crippen LogP contribution in [0.1, 0.15) is 24.1 Å². The zero-order chi connectivity index (χ0) is 17.3. The first-order chi connectivity index (χ1) is 11.3. The van der Waals surface area contributed by atoms with E-state index in [0.29, 0.717) is 12.2 Å². The van der Waals surface area contributed by atoms with Gasteiger partial charge in [-0.2, -0.15) is 0 Å². The Bertz CT molecular complexity index is 851. The molecule has 1 heterocycles. The fourth-order valence-corrected chi connectivity index (χ4v) is 3.70. The summed E-state index contributed by atoms with van der Waals surface area (Å²) in [5.74, 6) is 0.195. The van der Waals surface area contributed by atoms with Crippen LogP contribution in [0.15, 0.2) is 47.4 Å². The SMILES string of the molecule is C[C@H](N[C@@H]1COc2ccccc2C1)c1ccc(S(C)(=O)=O)c(F)c1. The molecule has 2 aromatic rings. The lowest BCUT2D eigenvalue weighted by Crippen LogP contribution is -2.40. The molecule has 4 nitrogen and oxygen atoms in total. The minimum Gasteiger partial charge on any atom is -0.492 e. The number of rotatable bonds is 4. The number of sulfone groups is 1. The predicted molar refractivity (Wildman–Crippen MR) is 90.5 cm³/mol. The second kappa shape index (κ2) is 6.53. The van der Waals surface area contributed by atoms with Crippen molar-refractivity contribution in [3.05, 3.63) is 59.4 Å². The number of hydrogen-bond donors (Lipinski definition) is 1. The van der Waals surface area contributed by atoms with Gasteiger partial charge in [-0.25, -0.2) is 12.8 Å². The molecule has 128 valence electrons. The third-order valence-electron chi connectivity index (χ3n) is 4.22. The van der Waals surface area contributed by atoms with Gasteiger partial charge in [-0.3, -0.25) is 0 Å². The summed E-state index contributed by atoms with van der Waals surface area (Å²) in [6.45, 7) is 2.47. The molecule has 1 aliphatic heterocycles. The van der Waals surface area contributed by atoms with Gasteiger partial charge in [-0.1, -0.05) is 24.3 Å². The summed E-state index contributed by atoms with van der Waals surface area (Å²) in [5.41, 5.74) is 1.85. The minimum atomic E-state index is -3.55. The Kier molecular flexibility index (Phi) is 4.60. The van der Waals surface area contributed by atoms with Crippen molar-refractivity contribution in [2.24, 2.45) is 0 Å². The zero-order valence-electron chi connectivity index (χ0n) is 13.6. The molecule has 0 saturated carbocycles. The van der Waals surface area contributed by atoms with Gasteiger partial charge in [-0.05, 0) is 42.7 Å². The highest BCUT2D eigenvalue weighted by atomic mass is 32.2. The van der Waals surface area contributed by atoms with E-state index in [4.69, 9.17) is 4.74 Å². The smallest absolute Gasteiger partial charge is 0.178 e. The first-order valence-corrected chi connectivity index (χ1v) is 9.70. The molecule has 24 heavy (non-hydrogen) atoms. The van der Waals surface area contributed by atoms with Crippen LogP contribution in [-0.4, -0.2) is 27.3 Å². The molecule has 3 rings (SSSR count). The Morgan fingerprint density at radius 3 is 2.71 bits per heavy atom. The van der Waals surface area contributed by atoms with Crippen molar-refractivity contribution in [1.82, 2.24) is 5.32 Å². The van der Waals surface area contributed by atoms with Crippen LogP contribution in [0.5, 0.6) is 5.75 Å². The van der Waals surface area contributed by atoms with Crippen molar-refractivity contribution in [2.45, 2.75) is 30.3 Å². The van der Waals surface area contributed by atoms with Crippen LogP contribution >= 0.6 is 0 Å². The first-order valence-electron chi connectivity index (χ1n) is 7.81. The van der Waals surface area contributed by atoms with Gasteiger partial charge >= 0.3 is 0 Å². The van der Waals surface area contributed by atoms with E-state index in [2.05, 4.69) is 5.32 Å². The number of para-hydroxylation sites is 1. The van der Waals surface area contributed by atoms with Gasteiger partial charge in [-0.15, -0.1) is 0 Å². The summed E-state index contributed by atoms with van der Waals surface area (Å²) in [6, 6.07) is 12.2. The molecular weight excluding hydrogens is 329 g/mol. The van der Waals surface area contributed by atoms with Crippen LogP contribution in [0.3, 0.4) is 0 Å². The average molecular weight is 349 g/mol. The number of fused-ring (bicyclic) bond motifs is 1. The highest BCUT2D eigenvalue weighted by molar-refractivity contribution is 7.90. The number of halogens is 1. The standard InChI is InChI=1S/C18H20FNO3S/c1-12(13-7-8-18(16(19)10-13)24(2,21)22)20-15-9-14-5-3-4-6-17(14)23-11-15/h3-8,10,12,15,20H,9,11H2,1-2H3/t12-,15-/m0/s1. The summed E-state index contributed by atoms with van der Waals surface area (Å²) < 4.78 is 42.8. The Labute approximate surface area is 141 Å². The van der Waals surface area contributed by atoms with Crippen molar-refractivity contribution in [3.8, 4) is 5.75 Å². The number of benzene rings is 2. The van der Waals surface area contributed by atoms with E-state index >= 15 is 0 Å². The largest absolute Gasteiger partial charge is 0.492 e. The van der Waals surface area contributed by atoms with Gasteiger partial charge in [0.1, 0.15) is 23.1 Å². The Morgan fingerprint density at radius 2 is 2.00 bits per heavy atom. The van der Waals surface area contributed by atoms with Crippen LogP contribution in [0.4, 0.5) is 4.39 Å². The number of nitrogens with one attached hydrogen (secondary N) is 1. The molecule has 1 N–H and O–H groups in total. The normalized spacial score (nSPS) is 18.5. The highest BCUT2D eigenvalue weighted by Gasteiger charge is 2.22. The summed E-state index contributed by atoms with van der Waals surface area (Å²) in [6.07, 6.45) is 1.84. The molecular formula is C18H20FNO3S. The van der Waals surface area contributed by atoms with E-state index in [-0.39, 0.29) is 17.0 Å². The van der Waals surface area contributed by atoms with Crippen LogP contribution < -0.4 is 10.1 Å². The topological polar surface area (TPSA) is 55.4 Å². The Hall–Kier alpha value is -1.92. The molecule has 0 radical (unpaired) electrons. The maximum Gasteiger partial charge on any atom is 0.178 e. The van der Waals surface area contributed by atoms with Gasteiger partial charge in [0.05, 0.1) is 0 Å². The molecule has 2 aromatic carbocycles. The molecule has 1 aliphatic rings. The lowest BCUT2D eigenvalue weighted by atomic mass is 10.0. The molecule has 0 unspecified atom stereocenters. The second-order valence-corrected chi connectivity index (χ2v) is 8.15. The summed E-state index contributed by atoms with van der Waals surface area (Å²) in [5, 5.41) is 3.42. The van der Waals surface area contributed by atoms with E-state index in [9.17, 15) is 12.8 Å². The fraction of sp³-hybridized carbons (Fsp3) is 0.333. The van der Waals surface area contributed by atoms with E-state index in [0.717, 1.165) is 24.0 Å². The summed E-state index contributed by atoms with van der Waals surface area (Å²) in [7, 11) is -3.55. The van der Waals surface area contributed by atoms with E-state index in [1.165, 1.54) is 12.1 Å². The molecule has 0 amide bonds. The van der Waals surface area contributed by atoms with E-state index < -0.39 is 15.7 Å². The Balaban J connectivity index is 1.72. The molecule has 2 atom stereocenters. The molecule has 0 aromatic heterocycles. The quantitative estimate of drug-likeness (QED) is 0.922. The summed E-state index contributed by atoms with van der Waals surface area (Å²) >= 11 is 0. The van der Waals surface area contributed by atoms with E-state index in [1.807, 2.05) is 31.2 Å². The zero-order valence-corrected chi connectivity index (χ0v) is 14.4. The van der Waals surface area contributed by atoms with Crippen molar-refractivity contribution in [1.29, 1.82) is 0 Å². The number of hydrogen-bond acceptors (Lipinski definition) is 4. The fourth-order valence-electron chi connectivity index (χ4n) is 2.97. The third kappa shape index (κ3) is 3.60. The van der Waals surface area contributed by atoms with Gasteiger partial charge < -0.3 is 10.1 Å². The molecule has 0 fully saturated rings. The van der Waals surface area contributed by atoms with Crippen molar-refractivity contribution in [2.75, 3.05) is 12.9 Å². The monoisotopic (exact) mass is 349 g/mol. The van der Waals surface area contributed by atoms with Gasteiger partial charge in [0.15, 0.2) is 9.84 Å². The van der Waals surface area contributed by atoms with Gasteiger partial charge in [0.2, 0.25) is 0 Å². The first kappa shape index (κ1) is 16.9. The molecule has 0 saturated heterocycles. The van der Waals surface area contributed by atoms with Crippen molar-refractivity contribution < 1.29 is 17.5 Å². The Morgan fingerprint density at radius 1 is 1.25 bits per heavy atom. The minimum absolute atomic E-state index is 0.118. The van der Waals surface area contributed by atoms with Crippen molar-refractivity contribution in [3.63, 3.8) is 0 Å². The number of ether oxygens (including phenoxy) is 1. The lowest BCUT2D eigenvalue weighted by molar-refractivity contribution is 0.229. The highest BCUT2D eigenvalue weighted by Crippen LogP contribution is 2.26. The predicted octanol–water partition coefficient (Wildman–Crippen LogP) is 2.88. The third-order valence-corrected chi connectivity index (χ3v) is 5.35. The molecule has 6 heteroatoms. The molecule has 0 bridgehead atoms. The maximum atomic E-state index is 14.1. The molecule has 0 spiro atoms. The van der Waals surface area contributed by atoms with Crippen LogP contribution in [-0.2, 0) is 16.3 Å². The van der Waals surface area contributed by atoms with Gasteiger partial charge in [0, 0.05) is 18.3 Å².